The minimum absolute atomic E-state index is 0.204. The molecule has 1 aromatic rings. The van der Waals surface area contributed by atoms with Crippen molar-refractivity contribution >= 4 is 15.7 Å². The van der Waals surface area contributed by atoms with Gasteiger partial charge in [-0.1, -0.05) is 13.8 Å². The summed E-state index contributed by atoms with van der Waals surface area (Å²) in [6, 6.07) is 1.73. The standard InChI is InChI=1S/C10H14F2N2O2S/c1-3-14(4-2)17(15,16)8-6-5-7(11)10(13)9(8)12/h5-6H,3-4,13H2,1-2H3. The maximum absolute atomic E-state index is 13.6. The van der Waals surface area contributed by atoms with E-state index in [0.29, 0.717) is 0 Å². The van der Waals surface area contributed by atoms with Crippen LogP contribution in [0.2, 0.25) is 0 Å². The molecule has 96 valence electrons. The minimum Gasteiger partial charge on any atom is -0.394 e. The molecule has 0 fully saturated rings. The zero-order chi connectivity index (χ0) is 13.2. The Morgan fingerprint density at radius 1 is 1.24 bits per heavy atom. The van der Waals surface area contributed by atoms with Crippen LogP contribution in [-0.2, 0) is 10.0 Å². The van der Waals surface area contributed by atoms with Crippen molar-refractivity contribution in [2.75, 3.05) is 18.8 Å². The highest BCUT2D eigenvalue weighted by molar-refractivity contribution is 7.89. The van der Waals surface area contributed by atoms with E-state index in [1.54, 1.807) is 13.8 Å². The van der Waals surface area contributed by atoms with Gasteiger partial charge in [-0.05, 0) is 12.1 Å². The zero-order valence-corrected chi connectivity index (χ0v) is 10.4. The predicted molar refractivity (Wildman–Crippen MR) is 60.9 cm³/mol. The summed E-state index contributed by atoms with van der Waals surface area (Å²) < 4.78 is 51.6. The van der Waals surface area contributed by atoms with Gasteiger partial charge >= 0.3 is 0 Å². The Balaban J connectivity index is 3.40. The summed E-state index contributed by atoms with van der Waals surface area (Å²) in [6.07, 6.45) is 0. The van der Waals surface area contributed by atoms with Crippen LogP contribution < -0.4 is 5.73 Å². The molecule has 17 heavy (non-hydrogen) atoms. The second-order valence-corrected chi connectivity index (χ2v) is 5.27. The largest absolute Gasteiger partial charge is 0.394 e. The molecule has 0 spiro atoms. The average molecular weight is 264 g/mol. The molecule has 4 nitrogen and oxygen atoms in total. The van der Waals surface area contributed by atoms with E-state index >= 15 is 0 Å². The van der Waals surface area contributed by atoms with Crippen LogP contribution in [0, 0.1) is 11.6 Å². The lowest BCUT2D eigenvalue weighted by atomic mass is 10.3. The van der Waals surface area contributed by atoms with E-state index in [4.69, 9.17) is 5.73 Å². The van der Waals surface area contributed by atoms with Crippen molar-refractivity contribution in [3.63, 3.8) is 0 Å². The van der Waals surface area contributed by atoms with E-state index in [1.807, 2.05) is 0 Å². The molecular weight excluding hydrogens is 250 g/mol. The molecule has 1 aromatic carbocycles. The van der Waals surface area contributed by atoms with Crippen LogP contribution in [0.15, 0.2) is 17.0 Å². The summed E-state index contributed by atoms with van der Waals surface area (Å²) in [5, 5.41) is 0. The normalized spacial score (nSPS) is 12.1. The molecule has 0 unspecified atom stereocenters. The zero-order valence-electron chi connectivity index (χ0n) is 9.57. The monoisotopic (exact) mass is 264 g/mol. The number of hydrogen-bond donors (Lipinski definition) is 1. The van der Waals surface area contributed by atoms with Gasteiger partial charge in [0.05, 0.1) is 0 Å². The van der Waals surface area contributed by atoms with Crippen LogP contribution >= 0.6 is 0 Å². The number of nitrogen functional groups attached to an aromatic ring is 1. The van der Waals surface area contributed by atoms with Gasteiger partial charge in [0, 0.05) is 13.1 Å². The highest BCUT2D eigenvalue weighted by atomic mass is 32.2. The number of nitrogens with zero attached hydrogens (tertiary/aromatic N) is 1. The van der Waals surface area contributed by atoms with Gasteiger partial charge in [-0.2, -0.15) is 4.31 Å². The van der Waals surface area contributed by atoms with E-state index in [9.17, 15) is 17.2 Å². The molecule has 0 amide bonds. The molecule has 0 aliphatic heterocycles. The van der Waals surface area contributed by atoms with Crippen molar-refractivity contribution in [3.8, 4) is 0 Å². The molecule has 1 rings (SSSR count). The van der Waals surface area contributed by atoms with Crippen LogP contribution in [0.5, 0.6) is 0 Å². The van der Waals surface area contributed by atoms with Crippen molar-refractivity contribution in [2.45, 2.75) is 18.7 Å². The van der Waals surface area contributed by atoms with Crippen LogP contribution in [0.1, 0.15) is 13.8 Å². The summed E-state index contributed by atoms with van der Waals surface area (Å²) in [5.41, 5.74) is 4.35. The molecule has 7 heteroatoms. The van der Waals surface area contributed by atoms with Gasteiger partial charge in [0.25, 0.3) is 0 Å². The number of nitrogens with two attached hydrogens (primary N) is 1. The maximum Gasteiger partial charge on any atom is 0.246 e. The number of hydrogen-bond acceptors (Lipinski definition) is 3. The molecule has 0 aliphatic rings. The summed E-state index contributed by atoms with van der Waals surface area (Å²) in [5.74, 6) is -2.21. The highest BCUT2D eigenvalue weighted by Gasteiger charge is 2.27. The predicted octanol–water partition coefficient (Wildman–Crippen LogP) is 1.58. The Bertz CT molecular complexity index is 513. The molecule has 0 saturated heterocycles. The van der Waals surface area contributed by atoms with Crippen LogP contribution in [0.4, 0.5) is 14.5 Å². The molecular formula is C10H14F2N2O2S. The maximum atomic E-state index is 13.6. The van der Waals surface area contributed by atoms with Gasteiger partial charge in [0.15, 0.2) is 5.82 Å². The minimum atomic E-state index is -3.96. The number of anilines is 1. The number of sulfonamides is 1. The van der Waals surface area contributed by atoms with E-state index in [1.165, 1.54) is 0 Å². The number of rotatable bonds is 4. The third-order valence-electron chi connectivity index (χ3n) is 2.41. The summed E-state index contributed by atoms with van der Waals surface area (Å²) in [6.45, 7) is 3.67. The van der Waals surface area contributed by atoms with Gasteiger partial charge in [-0.15, -0.1) is 0 Å². The Labute approximate surface area is 99.1 Å². The first-order valence-corrected chi connectivity index (χ1v) is 6.53. The average Bonchev–Trinajstić information content (AvgIpc) is 2.27. The van der Waals surface area contributed by atoms with Crippen molar-refractivity contribution < 1.29 is 17.2 Å². The van der Waals surface area contributed by atoms with E-state index in [0.717, 1.165) is 16.4 Å². The molecule has 0 saturated carbocycles. The summed E-state index contributed by atoms with van der Waals surface area (Å²) >= 11 is 0. The van der Waals surface area contributed by atoms with Gasteiger partial charge < -0.3 is 5.73 Å². The summed E-state index contributed by atoms with van der Waals surface area (Å²) in [4.78, 5) is -0.597. The third kappa shape index (κ3) is 2.39. The summed E-state index contributed by atoms with van der Waals surface area (Å²) in [7, 11) is -3.96. The first kappa shape index (κ1) is 13.9. The second kappa shape index (κ2) is 4.97. The SMILES string of the molecule is CCN(CC)S(=O)(=O)c1ccc(F)c(N)c1F. The van der Waals surface area contributed by atoms with Crippen molar-refractivity contribution in [1.29, 1.82) is 0 Å². The number of halogens is 2. The van der Waals surface area contributed by atoms with Crippen LogP contribution in [-0.4, -0.2) is 25.8 Å². The molecule has 2 N–H and O–H groups in total. The van der Waals surface area contributed by atoms with Crippen LogP contribution in [0.3, 0.4) is 0 Å². The Hall–Kier alpha value is -1.21. The van der Waals surface area contributed by atoms with Gasteiger partial charge in [0.2, 0.25) is 10.0 Å². The molecule has 0 bridgehead atoms. The van der Waals surface area contributed by atoms with Crippen molar-refractivity contribution in [3.05, 3.63) is 23.8 Å². The van der Waals surface area contributed by atoms with E-state index < -0.39 is 32.2 Å². The molecule has 0 radical (unpaired) electrons. The quantitative estimate of drug-likeness (QED) is 0.840. The van der Waals surface area contributed by atoms with Gasteiger partial charge in [0.1, 0.15) is 16.4 Å². The molecule has 0 atom stereocenters. The lowest BCUT2D eigenvalue weighted by Gasteiger charge is -2.19. The number of benzene rings is 1. The fraction of sp³-hybridized carbons (Fsp3) is 0.400. The fourth-order valence-electron chi connectivity index (χ4n) is 1.45. The van der Waals surface area contributed by atoms with Crippen LogP contribution in [0.25, 0.3) is 0 Å². The first-order chi connectivity index (χ1) is 7.86. The second-order valence-electron chi connectivity index (χ2n) is 3.36. The topological polar surface area (TPSA) is 63.4 Å². The van der Waals surface area contributed by atoms with Gasteiger partial charge in [-0.3, -0.25) is 0 Å². The Morgan fingerprint density at radius 2 is 1.76 bits per heavy atom. The lowest BCUT2D eigenvalue weighted by molar-refractivity contribution is 0.439. The van der Waals surface area contributed by atoms with E-state index in [-0.39, 0.29) is 13.1 Å². The smallest absolute Gasteiger partial charge is 0.246 e. The lowest BCUT2D eigenvalue weighted by Crippen LogP contribution is -2.31. The fourth-order valence-corrected chi connectivity index (χ4v) is 2.99. The first-order valence-electron chi connectivity index (χ1n) is 5.09. The molecule has 0 aromatic heterocycles. The molecule has 0 heterocycles. The molecule has 0 aliphatic carbocycles. The third-order valence-corrected chi connectivity index (χ3v) is 4.48. The van der Waals surface area contributed by atoms with E-state index in [2.05, 4.69) is 0 Å². The Kier molecular flexibility index (Phi) is 4.05. The van der Waals surface area contributed by atoms with Crippen molar-refractivity contribution in [1.82, 2.24) is 4.31 Å². The Morgan fingerprint density at radius 3 is 2.24 bits per heavy atom. The van der Waals surface area contributed by atoms with Crippen molar-refractivity contribution in [2.24, 2.45) is 0 Å². The van der Waals surface area contributed by atoms with Gasteiger partial charge in [-0.25, -0.2) is 17.2 Å². The highest BCUT2D eigenvalue weighted by Crippen LogP contribution is 2.25.